The molecule has 96 valence electrons. The van der Waals surface area contributed by atoms with E-state index in [1.165, 1.54) is 14.2 Å². The SMILES string of the molecule is COC(=O)[C@@H]1C[C@@]1(C(=O)OC)c1ccc(Cl)cc1. The largest absolute Gasteiger partial charge is 0.469 e. The predicted molar refractivity (Wildman–Crippen MR) is 65.3 cm³/mol. The van der Waals surface area contributed by atoms with Gasteiger partial charge in [-0.3, -0.25) is 9.59 Å². The van der Waals surface area contributed by atoms with Crippen molar-refractivity contribution >= 4 is 23.5 Å². The molecule has 5 heteroatoms. The van der Waals surface area contributed by atoms with Crippen LogP contribution in [0.4, 0.5) is 0 Å². The van der Waals surface area contributed by atoms with Crippen molar-refractivity contribution in [2.75, 3.05) is 14.2 Å². The molecule has 2 atom stereocenters. The molecule has 1 aromatic rings. The van der Waals surface area contributed by atoms with Gasteiger partial charge in [-0.2, -0.15) is 0 Å². The van der Waals surface area contributed by atoms with Crippen molar-refractivity contribution in [2.24, 2.45) is 5.92 Å². The van der Waals surface area contributed by atoms with Gasteiger partial charge in [0, 0.05) is 5.02 Å². The van der Waals surface area contributed by atoms with Crippen molar-refractivity contribution in [3.8, 4) is 0 Å². The van der Waals surface area contributed by atoms with E-state index in [2.05, 4.69) is 0 Å². The highest BCUT2D eigenvalue weighted by atomic mass is 35.5. The van der Waals surface area contributed by atoms with Crippen LogP contribution in [0.25, 0.3) is 0 Å². The Bertz CT molecular complexity index is 482. The highest BCUT2D eigenvalue weighted by Gasteiger charge is 2.66. The zero-order valence-corrected chi connectivity index (χ0v) is 10.9. The van der Waals surface area contributed by atoms with Crippen LogP contribution in [-0.4, -0.2) is 26.2 Å². The van der Waals surface area contributed by atoms with Crippen LogP contribution in [0.3, 0.4) is 0 Å². The topological polar surface area (TPSA) is 52.6 Å². The van der Waals surface area contributed by atoms with Gasteiger partial charge in [0.2, 0.25) is 0 Å². The van der Waals surface area contributed by atoms with E-state index < -0.39 is 23.3 Å². The average molecular weight is 269 g/mol. The molecule has 1 fully saturated rings. The number of methoxy groups -OCH3 is 2. The molecule has 1 aliphatic carbocycles. The third-order valence-corrected chi connectivity index (χ3v) is 3.61. The standard InChI is InChI=1S/C13H13ClO4/c1-17-11(15)10-7-13(10,12(16)18-2)8-3-5-9(14)6-4-8/h3-6,10H,7H2,1-2H3/t10-,13+/m0/s1. The molecular weight excluding hydrogens is 256 g/mol. The molecule has 1 aliphatic rings. The molecule has 0 aliphatic heterocycles. The highest BCUT2D eigenvalue weighted by molar-refractivity contribution is 6.30. The van der Waals surface area contributed by atoms with E-state index in [1.807, 2.05) is 0 Å². The summed E-state index contributed by atoms with van der Waals surface area (Å²) < 4.78 is 9.50. The van der Waals surface area contributed by atoms with Gasteiger partial charge in [-0.15, -0.1) is 0 Å². The summed E-state index contributed by atoms with van der Waals surface area (Å²) in [4.78, 5) is 23.5. The van der Waals surface area contributed by atoms with Gasteiger partial charge in [0.15, 0.2) is 0 Å². The van der Waals surface area contributed by atoms with Gasteiger partial charge in [-0.1, -0.05) is 23.7 Å². The van der Waals surface area contributed by atoms with Gasteiger partial charge in [0.05, 0.1) is 20.1 Å². The third-order valence-electron chi connectivity index (χ3n) is 3.36. The van der Waals surface area contributed by atoms with Gasteiger partial charge in [0.1, 0.15) is 5.41 Å². The highest BCUT2D eigenvalue weighted by Crippen LogP contribution is 2.55. The number of carbonyl (C=O) groups is 2. The average Bonchev–Trinajstić information content (AvgIpc) is 3.14. The maximum Gasteiger partial charge on any atom is 0.317 e. The summed E-state index contributed by atoms with van der Waals surface area (Å²) >= 11 is 5.81. The first kappa shape index (κ1) is 12.9. The fourth-order valence-corrected chi connectivity index (χ4v) is 2.41. The Morgan fingerprint density at radius 1 is 1.22 bits per heavy atom. The summed E-state index contributed by atoms with van der Waals surface area (Å²) in [7, 11) is 2.62. The van der Waals surface area contributed by atoms with Gasteiger partial charge >= 0.3 is 11.9 Å². The summed E-state index contributed by atoms with van der Waals surface area (Å²) in [6, 6.07) is 6.85. The molecule has 0 spiro atoms. The van der Waals surface area contributed by atoms with Crippen LogP contribution in [0.5, 0.6) is 0 Å². The molecular formula is C13H13ClO4. The number of carbonyl (C=O) groups excluding carboxylic acids is 2. The molecule has 1 aromatic carbocycles. The van der Waals surface area contributed by atoms with Gasteiger partial charge in [0.25, 0.3) is 0 Å². The molecule has 0 aromatic heterocycles. The first-order valence-corrected chi connectivity index (χ1v) is 5.86. The van der Waals surface area contributed by atoms with E-state index in [0.717, 1.165) is 5.56 Å². The van der Waals surface area contributed by atoms with Gasteiger partial charge in [-0.25, -0.2) is 0 Å². The summed E-state index contributed by atoms with van der Waals surface area (Å²) in [5.41, 5.74) is -0.180. The molecule has 0 amide bonds. The number of hydrogen-bond acceptors (Lipinski definition) is 4. The predicted octanol–water partition coefficient (Wildman–Crippen LogP) is 1.94. The second kappa shape index (κ2) is 4.61. The van der Waals surface area contributed by atoms with E-state index in [4.69, 9.17) is 21.1 Å². The van der Waals surface area contributed by atoms with Crippen LogP contribution in [-0.2, 0) is 24.5 Å². The fourth-order valence-electron chi connectivity index (χ4n) is 2.28. The summed E-state index contributed by atoms with van der Waals surface area (Å²) in [6.45, 7) is 0. The van der Waals surface area contributed by atoms with Gasteiger partial charge < -0.3 is 9.47 Å². The van der Waals surface area contributed by atoms with E-state index in [0.29, 0.717) is 11.4 Å². The molecule has 4 nitrogen and oxygen atoms in total. The van der Waals surface area contributed by atoms with E-state index >= 15 is 0 Å². The van der Waals surface area contributed by atoms with E-state index in [1.54, 1.807) is 24.3 Å². The second-order valence-corrected chi connectivity index (χ2v) is 4.69. The lowest BCUT2D eigenvalue weighted by atomic mass is 9.93. The monoisotopic (exact) mass is 268 g/mol. The van der Waals surface area contributed by atoms with Crippen molar-refractivity contribution in [1.82, 2.24) is 0 Å². The molecule has 18 heavy (non-hydrogen) atoms. The Labute approximate surface area is 110 Å². The Kier molecular flexibility index (Phi) is 3.30. The molecule has 1 saturated carbocycles. The summed E-state index contributed by atoms with van der Waals surface area (Å²) in [6.07, 6.45) is 0.411. The maximum atomic E-state index is 11.9. The number of ether oxygens (including phenoxy) is 2. The summed E-state index contributed by atoms with van der Waals surface area (Å²) in [5, 5.41) is 0.578. The maximum absolute atomic E-state index is 11.9. The molecule has 0 saturated heterocycles. The Morgan fingerprint density at radius 3 is 2.33 bits per heavy atom. The van der Waals surface area contributed by atoms with Crippen molar-refractivity contribution in [3.05, 3.63) is 34.9 Å². The zero-order valence-electron chi connectivity index (χ0n) is 10.1. The molecule has 0 radical (unpaired) electrons. The second-order valence-electron chi connectivity index (χ2n) is 4.25. The summed E-state index contributed by atoms with van der Waals surface area (Å²) in [5.74, 6) is -1.29. The smallest absolute Gasteiger partial charge is 0.317 e. The Morgan fingerprint density at radius 2 is 1.83 bits per heavy atom. The van der Waals surface area contributed by atoms with Crippen LogP contribution < -0.4 is 0 Å². The minimum atomic E-state index is -0.910. The van der Waals surface area contributed by atoms with Crippen LogP contribution in [0.15, 0.2) is 24.3 Å². The molecule has 0 bridgehead atoms. The number of rotatable bonds is 3. The number of esters is 2. The zero-order chi connectivity index (χ0) is 13.3. The molecule has 0 unspecified atom stereocenters. The van der Waals surface area contributed by atoms with Gasteiger partial charge in [-0.05, 0) is 24.1 Å². The minimum absolute atomic E-state index is 0.393. The lowest BCUT2D eigenvalue weighted by Gasteiger charge is -2.14. The van der Waals surface area contributed by atoms with Crippen LogP contribution in [0.1, 0.15) is 12.0 Å². The lowest BCUT2D eigenvalue weighted by molar-refractivity contribution is -0.149. The molecule has 0 N–H and O–H groups in total. The normalized spacial score (nSPS) is 25.4. The lowest BCUT2D eigenvalue weighted by Crippen LogP contribution is -2.27. The van der Waals surface area contributed by atoms with Crippen LogP contribution in [0.2, 0.25) is 5.02 Å². The number of benzene rings is 1. The van der Waals surface area contributed by atoms with Crippen LogP contribution >= 0.6 is 11.6 Å². The minimum Gasteiger partial charge on any atom is -0.469 e. The van der Waals surface area contributed by atoms with E-state index in [9.17, 15) is 9.59 Å². The van der Waals surface area contributed by atoms with Crippen molar-refractivity contribution in [1.29, 1.82) is 0 Å². The van der Waals surface area contributed by atoms with Crippen molar-refractivity contribution < 1.29 is 19.1 Å². The Balaban J connectivity index is 2.37. The van der Waals surface area contributed by atoms with Crippen LogP contribution in [0, 0.1) is 5.92 Å². The first-order chi connectivity index (χ1) is 8.56. The quantitative estimate of drug-likeness (QED) is 0.786. The molecule has 2 rings (SSSR count). The molecule has 0 heterocycles. The number of hydrogen-bond donors (Lipinski definition) is 0. The first-order valence-electron chi connectivity index (χ1n) is 5.48. The number of halogens is 1. The third kappa shape index (κ3) is 1.86. The van der Waals surface area contributed by atoms with Crippen molar-refractivity contribution in [2.45, 2.75) is 11.8 Å². The Hall–Kier alpha value is -1.55. The fraction of sp³-hybridized carbons (Fsp3) is 0.385. The van der Waals surface area contributed by atoms with Crippen molar-refractivity contribution in [3.63, 3.8) is 0 Å². The van der Waals surface area contributed by atoms with E-state index in [-0.39, 0.29) is 0 Å².